The van der Waals surface area contributed by atoms with Crippen LogP contribution in [0, 0.1) is 11.3 Å². The first-order valence-corrected chi connectivity index (χ1v) is 8.32. The largest absolute Gasteiger partial charge is 0.310 e. The Morgan fingerprint density at radius 2 is 1.86 bits per heavy atom. The topological polar surface area (TPSA) is 15.3 Å². The fourth-order valence-corrected chi connectivity index (χ4v) is 3.72. The number of nitrogens with zero attached hydrogens (tertiary/aromatic N) is 1. The Bertz CT molecular complexity index is 451. The van der Waals surface area contributed by atoms with Gasteiger partial charge in [0.1, 0.15) is 0 Å². The second-order valence-electron chi connectivity index (χ2n) is 7.88. The number of hydrogen-bond acceptors (Lipinski definition) is 2. The van der Waals surface area contributed by atoms with E-state index in [9.17, 15) is 0 Å². The molecule has 1 fully saturated rings. The molecule has 1 aromatic carbocycles. The van der Waals surface area contributed by atoms with Gasteiger partial charge in [-0.25, -0.2) is 0 Å². The highest BCUT2D eigenvalue weighted by Gasteiger charge is 2.31. The highest BCUT2D eigenvalue weighted by Crippen LogP contribution is 2.38. The predicted octanol–water partition coefficient (Wildman–Crippen LogP) is 4.05. The molecule has 0 aromatic heterocycles. The first kappa shape index (κ1) is 16.5. The van der Waals surface area contributed by atoms with Crippen molar-refractivity contribution in [2.45, 2.75) is 59.2 Å². The second-order valence-corrected chi connectivity index (χ2v) is 7.88. The normalized spacial score (nSPS) is 25.2. The van der Waals surface area contributed by atoms with Crippen molar-refractivity contribution in [2.75, 3.05) is 14.1 Å². The summed E-state index contributed by atoms with van der Waals surface area (Å²) in [6, 6.07) is 9.50. The molecule has 2 nitrogen and oxygen atoms in total. The monoisotopic (exact) mass is 288 g/mol. The van der Waals surface area contributed by atoms with E-state index in [4.69, 9.17) is 0 Å². The smallest absolute Gasteiger partial charge is 0.0230 e. The van der Waals surface area contributed by atoms with Gasteiger partial charge in [-0.15, -0.1) is 0 Å². The van der Waals surface area contributed by atoms with Crippen molar-refractivity contribution in [3.8, 4) is 0 Å². The molecule has 0 amide bonds. The molecule has 118 valence electrons. The molecular weight excluding hydrogens is 256 g/mol. The van der Waals surface area contributed by atoms with Crippen molar-refractivity contribution in [1.29, 1.82) is 0 Å². The van der Waals surface area contributed by atoms with Crippen LogP contribution in [0.4, 0.5) is 0 Å². The molecule has 0 aliphatic heterocycles. The zero-order chi connectivity index (χ0) is 15.5. The van der Waals surface area contributed by atoms with Crippen LogP contribution in [0.1, 0.15) is 51.2 Å². The van der Waals surface area contributed by atoms with Gasteiger partial charge in [-0.1, -0.05) is 45.0 Å². The maximum Gasteiger partial charge on any atom is 0.0230 e. The summed E-state index contributed by atoms with van der Waals surface area (Å²) in [5.74, 6) is 0.773. The van der Waals surface area contributed by atoms with Crippen LogP contribution in [0.5, 0.6) is 0 Å². The molecule has 0 saturated heterocycles. The van der Waals surface area contributed by atoms with E-state index in [0.717, 1.165) is 19.0 Å². The third kappa shape index (κ3) is 4.82. The number of nitrogens with one attached hydrogen (secondary N) is 1. The third-order valence-corrected chi connectivity index (χ3v) is 4.85. The van der Waals surface area contributed by atoms with Gasteiger partial charge < -0.3 is 10.2 Å². The van der Waals surface area contributed by atoms with Gasteiger partial charge in [-0.2, -0.15) is 0 Å². The van der Waals surface area contributed by atoms with Gasteiger partial charge in [0.15, 0.2) is 0 Å². The Balaban J connectivity index is 1.94. The SMILES string of the molecule is CC1CC(C)(C)CCC1NCc1ccccc1CN(C)C. The van der Waals surface area contributed by atoms with Crippen LogP contribution in [-0.4, -0.2) is 25.0 Å². The standard InChI is InChI=1S/C19H32N2/c1-15-12-19(2,3)11-10-18(15)20-13-16-8-6-7-9-17(16)14-21(4)5/h6-9,15,18,20H,10-14H2,1-5H3. The van der Waals surface area contributed by atoms with Gasteiger partial charge in [0.2, 0.25) is 0 Å². The molecule has 0 bridgehead atoms. The maximum atomic E-state index is 3.82. The zero-order valence-electron chi connectivity index (χ0n) is 14.4. The fraction of sp³-hybridized carbons (Fsp3) is 0.684. The van der Waals surface area contributed by atoms with Gasteiger partial charge in [-0.3, -0.25) is 0 Å². The van der Waals surface area contributed by atoms with Crippen LogP contribution in [0.25, 0.3) is 0 Å². The summed E-state index contributed by atoms with van der Waals surface area (Å²) in [4.78, 5) is 2.24. The highest BCUT2D eigenvalue weighted by atomic mass is 15.0. The maximum absolute atomic E-state index is 3.82. The van der Waals surface area contributed by atoms with E-state index in [1.807, 2.05) is 0 Å². The number of hydrogen-bond donors (Lipinski definition) is 1. The molecule has 2 heteroatoms. The highest BCUT2D eigenvalue weighted by molar-refractivity contribution is 5.27. The van der Waals surface area contributed by atoms with Crippen molar-refractivity contribution in [3.63, 3.8) is 0 Å². The zero-order valence-corrected chi connectivity index (χ0v) is 14.4. The molecule has 2 atom stereocenters. The van der Waals surface area contributed by atoms with Crippen molar-refractivity contribution < 1.29 is 0 Å². The van der Waals surface area contributed by atoms with Crippen LogP contribution in [0.15, 0.2) is 24.3 Å². The summed E-state index contributed by atoms with van der Waals surface area (Å²) in [7, 11) is 4.27. The lowest BCUT2D eigenvalue weighted by molar-refractivity contribution is 0.148. The van der Waals surface area contributed by atoms with Gasteiger partial charge in [0.25, 0.3) is 0 Å². The third-order valence-electron chi connectivity index (χ3n) is 4.85. The summed E-state index contributed by atoms with van der Waals surface area (Å²) in [5.41, 5.74) is 3.42. The molecule has 1 aromatic rings. The van der Waals surface area contributed by atoms with Crippen LogP contribution >= 0.6 is 0 Å². The van der Waals surface area contributed by atoms with E-state index in [-0.39, 0.29) is 0 Å². The van der Waals surface area contributed by atoms with Gasteiger partial charge in [-0.05, 0) is 55.8 Å². The van der Waals surface area contributed by atoms with Crippen molar-refractivity contribution >= 4 is 0 Å². The minimum Gasteiger partial charge on any atom is -0.310 e. The Morgan fingerprint density at radius 3 is 2.48 bits per heavy atom. The molecule has 1 aliphatic rings. The Hall–Kier alpha value is -0.860. The van der Waals surface area contributed by atoms with E-state index in [1.165, 1.54) is 30.4 Å². The second kappa shape index (κ2) is 6.93. The molecule has 2 rings (SSSR count). The van der Waals surface area contributed by atoms with Gasteiger partial charge >= 0.3 is 0 Å². The quantitative estimate of drug-likeness (QED) is 0.879. The van der Waals surface area contributed by atoms with Gasteiger partial charge in [0, 0.05) is 19.1 Å². The first-order chi connectivity index (χ1) is 9.87. The van der Waals surface area contributed by atoms with Crippen LogP contribution in [-0.2, 0) is 13.1 Å². The lowest BCUT2D eigenvalue weighted by Crippen LogP contribution is -2.41. The Labute approximate surface area is 130 Å². The predicted molar refractivity (Wildman–Crippen MR) is 91.3 cm³/mol. The van der Waals surface area contributed by atoms with E-state index < -0.39 is 0 Å². The molecule has 1 aliphatic carbocycles. The van der Waals surface area contributed by atoms with Gasteiger partial charge in [0.05, 0.1) is 0 Å². The fourth-order valence-electron chi connectivity index (χ4n) is 3.72. The minimum absolute atomic E-state index is 0.528. The number of rotatable bonds is 5. The molecule has 21 heavy (non-hydrogen) atoms. The Morgan fingerprint density at radius 1 is 1.19 bits per heavy atom. The van der Waals surface area contributed by atoms with Crippen LogP contribution in [0.3, 0.4) is 0 Å². The molecule has 1 saturated carbocycles. The van der Waals surface area contributed by atoms with Crippen LogP contribution < -0.4 is 5.32 Å². The van der Waals surface area contributed by atoms with Crippen molar-refractivity contribution in [2.24, 2.45) is 11.3 Å². The van der Waals surface area contributed by atoms with Crippen molar-refractivity contribution in [3.05, 3.63) is 35.4 Å². The summed E-state index contributed by atoms with van der Waals surface area (Å²) in [5, 5.41) is 3.82. The molecule has 0 spiro atoms. The summed E-state index contributed by atoms with van der Waals surface area (Å²) in [6.45, 7) is 9.24. The van der Waals surface area contributed by atoms with Crippen molar-refractivity contribution in [1.82, 2.24) is 10.2 Å². The summed E-state index contributed by atoms with van der Waals surface area (Å²) in [6.07, 6.45) is 3.99. The molecule has 0 radical (unpaired) electrons. The lowest BCUT2D eigenvalue weighted by Gasteiger charge is -2.39. The average Bonchev–Trinajstić information content (AvgIpc) is 2.38. The van der Waals surface area contributed by atoms with E-state index in [2.05, 4.69) is 69.3 Å². The van der Waals surface area contributed by atoms with E-state index >= 15 is 0 Å². The van der Waals surface area contributed by atoms with E-state index in [1.54, 1.807) is 0 Å². The Kier molecular flexibility index (Phi) is 5.45. The number of benzene rings is 1. The molecule has 0 heterocycles. The van der Waals surface area contributed by atoms with E-state index in [0.29, 0.717) is 11.5 Å². The molecule has 2 unspecified atom stereocenters. The average molecular weight is 288 g/mol. The van der Waals surface area contributed by atoms with Crippen LogP contribution in [0.2, 0.25) is 0 Å². The summed E-state index contributed by atoms with van der Waals surface area (Å²) < 4.78 is 0. The molecular formula is C19H32N2. The first-order valence-electron chi connectivity index (χ1n) is 8.32. The lowest BCUT2D eigenvalue weighted by atomic mass is 9.70. The summed E-state index contributed by atoms with van der Waals surface area (Å²) >= 11 is 0. The minimum atomic E-state index is 0.528. The molecule has 1 N–H and O–H groups in total.